The normalized spacial score (nSPS) is 15.9. The first kappa shape index (κ1) is 10.3. The minimum absolute atomic E-state index is 0.846. The lowest BCUT2D eigenvalue weighted by molar-refractivity contribution is 0.821. The largest absolute Gasteiger partial charge is 0.315 e. The maximum Gasteiger partial charge on any atom is 0.0378 e. The van der Waals surface area contributed by atoms with Crippen LogP contribution in [0.1, 0.15) is 34.8 Å². The van der Waals surface area contributed by atoms with E-state index in [1.165, 1.54) is 28.5 Å². The summed E-state index contributed by atoms with van der Waals surface area (Å²) in [5.41, 5.74) is 3.06. The topological polar surface area (TPSA) is 12.0 Å². The van der Waals surface area contributed by atoms with Crippen LogP contribution in [-0.4, -0.2) is 7.05 Å². The first-order valence-electron chi connectivity index (χ1n) is 5.96. The third-order valence-electron chi connectivity index (χ3n) is 3.35. The van der Waals surface area contributed by atoms with Crippen LogP contribution in [0.2, 0.25) is 0 Å². The van der Waals surface area contributed by atoms with Crippen LogP contribution in [-0.2, 0) is 6.54 Å². The quantitative estimate of drug-likeness (QED) is 0.847. The fourth-order valence-electron chi connectivity index (χ4n) is 2.44. The van der Waals surface area contributed by atoms with Crippen LogP contribution in [0.3, 0.4) is 0 Å². The average molecular weight is 231 g/mol. The predicted octanol–water partition coefficient (Wildman–Crippen LogP) is 3.81. The van der Waals surface area contributed by atoms with Gasteiger partial charge in [-0.2, -0.15) is 0 Å². The van der Waals surface area contributed by atoms with Gasteiger partial charge in [-0.3, -0.25) is 0 Å². The minimum Gasteiger partial charge on any atom is -0.315 e. The van der Waals surface area contributed by atoms with Gasteiger partial charge in [-0.1, -0.05) is 18.2 Å². The highest BCUT2D eigenvalue weighted by molar-refractivity contribution is 7.19. The molecule has 0 aliphatic heterocycles. The molecule has 2 aromatic rings. The van der Waals surface area contributed by atoms with Crippen LogP contribution in [0.4, 0.5) is 0 Å². The van der Waals surface area contributed by atoms with Gasteiger partial charge < -0.3 is 5.32 Å². The molecule has 1 nitrogen and oxygen atoms in total. The monoisotopic (exact) mass is 231 g/mol. The molecule has 0 radical (unpaired) electrons. The molecule has 0 spiro atoms. The zero-order chi connectivity index (χ0) is 11.1. The maximum atomic E-state index is 3.30. The van der Waals surface area contributed by atoms with E-state index in [4.69, 9.17) is 0 Å². The summed E-state index contributed by atoms with van der Waals surface area (Å²) >= 11 is 1.98. The number of benzene rings is 1. The maximum absolute atomic E-state index is 3.30. The molecule has 1 fully saturated rings. The lowest BCUT2D eigenvalue weighted by atomic mass is 10.0. The van der Waals surface area contributed by atoms with E-state index >= 15 is 0 Å². The highest BCUT2D eigenvalue weighted by Crippen LogP contribution is 2.48. The molecule has 0 saturated heterocycles. The minimum atomic E-state index is 0.846. The Morgan fingerprint density at radius 2 is 2.19 bits per heavy atom. The number of rotatable bonds is 3. The zero-order valence-electron chi connectivity index (χ0n) is 9.84. The van der Waals surface area contributed by atoms with Gasteiger partial charge >= 0.3 is 0 Å². The van der Waals surface area contributed by atoms with Gasteiger partial charge in [0.15, 0.2) is 0 Å². The van der Waals surface area contributed by atoms with E-state index in [-0.39, 0.29) is 0 Å². The van der Waals surface area contributed by atoms with Crippen molar-refractivity contribution in [2.24, 2.45) is 0 Å². The Bertz CT molecular complexity index is 523. The summed E-state index contributed by atoms with van der Waals surface area (Å²) in [4.78, 5) is 1.55. The van der Waals surface area contributed by atoms with Gasteiger partial charge in [0.25, 0.3) is 0 Å². The molecule has 1 aromatic carbocycles. The fraction of sp³-hybridized carbons (Fsp3) is 0.429. The molecule has 84 valence electrons. The molecule has 0 atom stereocenters. The van der Waals surface area contributed by atoms with Crippen molar-refractivity contribution < 1.29 is 0 Å². The second-order valence-electron chi connectivity index (χ2n) is 4.70. The predicted molar refractivity (Wildman–Crippen MR) is 71.3 cm³/mol. The molecule has 0 unspecified atom stereocenters. The summed E-state index contributed by atoms with van der Waals surface area (Å²) in [6.45, 7) is 3.24. The Balaban J connectivity index is 2.24. The molecule has 0 amide bonds. The van der Waals surface area contributed by atoms with Crippen LogP contribution >= 0.6 is 11.3 Å². The van der Waals surface area contributed by atoms with Crippen LogP contribution in [0.15, 0.2) is 18.2 Å². The summed E-state index contributed by atoms with van der Waals surface area (Å²) in [5, 5.41) is 4.81. The Labute approximate surface area is 100 Å². The van der Waals surface area contributed by atoms with E-state index in [0.29, 0.717) is 0 Å². The highest BCUT2D eigenvalue weighted by Gasteiger charge is 2.29. The summed E-state index contributed by atoms with van der Waals surface area (Å²) in [6, 6.07) is 6.71. The van der Waals surface area contributed by atoms with Gasteiger partial charge in [0.05, 0.1) is 0 Å². The van der Waals surface area contributed by atoms with Crippen molar-refractivity contribution in [1.29, 1.82) is 0 Å². The van der Waals surface area contributed by atoms with Crippen molar-refractivity contribution in [3.63, 3.8) is 0 Å². The average Bonchev–Trinajstić information content (AvgIpc) is 3.02. The van der Waals surface area contributed by atoms with Crippen LogP contribution < -0.4 is 5.32 Å². The van der Waals surface area contributed by atoms with Gasteiger partial charge in [-0.25, -0.2) is 0 Å². The molecule has 1 heterocycles. The van der Waals surface area contributed by atoms with E-state index in [1.54, 1.807) is 10.4 Å². The summed E-state index contributed by atoms with van der Waals surface area (Å²) in [7, 11) is 2.04. The second-order valence-corrected chi connectivity index (χ2v) is 5.80. The number of thiophene rings is 1. The third kappa shape index (κ3) is 1.57. The van der Waals surface area contributed by atoms with Gasteiger partial charge in [-0.15, -0.1) is 11.3 Å². The fourth-order valence-corrected chi connectivity index (χ4v) is 3.81. The molecular formula is C14H17NS. The molecule has 1 aliphatic carbocycles. The Morgan fingerprint density at radius 3 is 2.88 bits per heavy atom. The molecule has 1 aromatic heterocycles. The van der Waals surface area contributed by atoms with Crippen molar-refractivity contribution in [2.45, 2.75) is 32.2 Å². The lowest BCUT2D eigenvalue weighted by Crippen LogP contribution is -2.04. The lowest BCUT2D eigenvalue weighted by Gasteiger charge is -2.01. The number of hydrogen-bond acceptors (Lipinski definition) is 2. The second kappa shape index (κ2) is 3.86. The Hall–Kier alpha value is -0.860. The zero-order valence-corrected chi connectivity index (χ0v) is 10.7. The van der Waals surface area contributed by atoms with Gasteiger partial charge in [0.1, 0.15) is 0 Å². The van der Waals surface area contributed by atoms with Gasteiger partial charge in [-0.05, 0) is 49.2 Å². The Kier molecular flexibility index (Phi) is 2.49. The first-order valence-corrected chi connectivity index (χ1v) is 6.78. The molecule has 1 aliphatic rings. The van der Waals surface area contributed by atoms with E-state index in [1.807, 2.05) is 18.4 Å². The number of nitrogens with one attached hydrogen (secondary N) is 1. The van der Waals surface area contributed by atoms with Gasteiger partial charge in [0, 0.05) is 16.1 Å². The smallest absolute Gasteiger partial charge is 0.0378 e. The molecule has 2 heteroatoms. The van der Waals surface area contributed by atoms with Crippen molar-refractivity contribution in [1.82, 2.24) is 5.32 Å². The molecule has 16 heavy (non-hydrogen) atoms. The number of hydrogen-bond donors (Lipinski definition) is 1. The summed E-state index contributed by atoms with van der Waals surface area (Å²) in [5.74, 6) is 0.846. The van der Waals surface area contributed by atoms with Crippen molar-refractivity contribution in [3.05, 3.63) is 34.2 Å². The van der Waals surface area contributed by atoms with Crippen molar-refractivity contribution in [2.75, 3.05) is 7.05 Å². The van der Waals surface area contributed by atoms with Crippen molar-refractivity contribution >= 4 is 21.4 Å². The highest BCUT2D eigenvalue weighted by atomic mass is 32.1. The molecular weight excluding hydrogens is 214 g/mol. The summed E-state index contributed by atoms with van der Waals surface area (Å²) < 4.78 is 1.50. The van der Waals surface area contributed by atoms with Crippen LogP contribution in [0, 0.1) is 6.92 Å². The third-order valence-corrected chi connectivity index (χ3v) is 4.71. The molecule has 1 N–H and O–H groups in total. The van der Waals surface area contributed by atoms with E-state index in [2.05, 4.69) is 30.4 Å². The van der Waals surface area contributed by atoms with Crippen LogP contribution in [0.25, 0.3) is 10.1 Å². The SMILES string of the molecule is CNCc1sc2c(C)cccc2c1C1CC1. The van der Waals surface area contributed by atoms with E-state index in [9.17, 15) is 0 Å². The molecule has 3 rings (SSSR count). The van der Waals surface area contributed by atoms with Gasteiger partial charge in [0.2, 0.25) is 0 Å². The van der Waals surface area contributed by atoms with Crippen molar-refractivity contribution in [3.8, 4) is 0 Å². The molecule has 0 bridgehead atoms. The number of aryl methyl sites for hydroxylation is 1. The number of fused-ring (bicyclic) bond motifs is 1. The first-order chi connectivity index (χ1) is 7.81. The molecule has 1 saturated carbocycles. The van der Waals surface area contributed by atoms with E-state index in [0.717, 1.165) is 12.5 Å². The standard InChI is InChI=1S/C14H17NS/c1-9-4-3-5-11-13(10-6-7-10)12(8-15-2)16-14(9)11/h3-5,10,15H,6-8H2,1-2H3. The van der Waals surface area contributed by atoms with E-state index < -0.39 is 0 Å². The summed E-state index contributed by atoms with van der Waals surface area (Å²) in [6.07, 6.45) is 2.77. The van der Waals surface area contributed by atoms with Crippen LogP contribution in [0.5, 0.6) is 0 Å². The Morgan fingerprint density at radius 1 is 1.38 bits per heavy atom.